The van der Waals surface area contributed by atoms with Crippen LogP contribution in [0.3, 0.4) is 0 Å². The Kier molecular flexibility index (Phi) is 6.29. The molecule has 0 fully saturated rings. The highest BCUT2D eigenvalue weighted by molar-refractivity contribution is 5.95. The van der Waals surface area contributed by atoms with Gasteiger partial charge in [0, 0.05) is 30.4 Å². The van der Waals surface area contributed by atoms with Crippen molar-refractivity contribution in [2.75, 3.05) is 6.54 Å². The van der Waals surface area contributed by atoms with Gasteiger partial charge >= 0.3 is 5.97 Å². The Morgan fingerprint density at radius 1 is 0.931 bits per heavy atom. The summed E-state index contributed by atoms with van der Waals surface area (Å²) in [5, 5.41) is 9.17. The van der Waals surface area contributed by atoms with E-state index in [1.807, 2.05) is 0 Å². The molecule has 0 unspecified atom stereocenters. The minimum absolute atomic E-state index is 0.0511. The monoisotopic (exact) mass is 396 g/mol. The van der Waals surface area contributed by atoms with Gasteiger partial charge in [-0.05, 0) is 47.5 Å². The Hall–Kier alpha value is -3.61. The average Bonchev–Trinajstić information content (AvgIpc) is 2.67. The summed E-state index contributed by atoms with van der Waals surface area (Å²) in [6.45, 7) is -0.582. The SMILES string of the molecule is O=C(O)CN(Cc1cccc(F)c1)C(=O)c1ccnc(Cc2cccc(F)c2)c1. The molecule has 3 aromatic rings. The third-order valence-corrected chi connectivity index (χ3v) is 4.21. The Morgan fingerprint density at radius 2 is 1.59 bits per heavy atom. The van der Waals surface area contributed by atoms with E-state index in [1.54, 1.807) is 24.3 Å². The van der Waals surface area contributed by atoms with E-state index in [0.717, 1.165) is 4.90 Å². The van der Waals surface area contributed by atoms with Crippen molar-refractivity contribution in [3.8, 4) is 0 Å². The van der Waals surface area contributed by atoms with Gasteiger partial charge in [-0.15, -0.1) is 0 Å². The van der Waals surface area contributed by atoms with Gasteiger partial charge in [0.15, 0.2) is 0 Å². The van der Waals surface area contributed by atoms with Crippen LogP contribution in [0, 0.1) is 11.6 Å². The van der Waals surface area contributed by atoms with Crippen LogP contribution < -0.4 is 0 Å². The van der Waals surface area contributed by atoms with Crippen LogP contribution in [0.4, 0.5) is 8.78 Å². The van der Waals surface area contributed by atoms with Crippen LogP contribution in [0.25, 0.3) is 0 Å². The molecule has 0 aliphatic heterocycles. The third-order valence-electron chi connectivity index (χ3n) is 4.21. The largest absolute Gasteiger partial charge is 0.480 e. The predicted octanol–water partition coefficient (Wildman–Crippen LogP) is 3.68. The van der Waals surface area contributed by atoms with Gasteiger partial charge < -0.3 is 10.0 Å². The van der Waals surface area contributed by atoms with E-state index in [1.165, 1.54) is 42.6 Å². The third kappa shape index (κ3) is 5.68. The van der Waals surface area contributed by atoms with Gasteiger partial charge in [-0.1, -0.05) is 24.3 Å². The zero-order chi connectivity index (χ0) is 20.8. The number of benzene rings is 2. The van der Waals surface area contributed by atoms with Crippen LogP contribution >= 0.6 is 0 Å². The minimum atomic E-state index is -1.18. The van der Waals surface area contributed by atoms with Crippen molar-refractivity contribution in [2.24, 2.45) is 0 Å². The van der Waals surface area contributed by atoms with E-state index in [0.29, 0.717) is 23.2 Å². The van der Waals surface area contributed by atoms with E-state index in [4.69, 9.17) is 0 Å². The molecule has 1 aromatic heterocycles. The number of nitrogens with zero attached hydrogens (tertiary/aromatic N) is 2. The summed E-state index contributed by atoms with van der Waals surface area (Å²) >= 11 is 0. The van der Waals surface area contributed by atoms with Gasteiger partial charge in [0.05, 0.1) is 0 Å². The lowest BCUT2D eigenvalue weighted by molar-refractivity contribution is -0.137. The number of hydrogen-bond acceptors (Lipinski definition) is 3. The van der Waals surface area contributed by atoms with E-state index in [2.05, 4.69) is 4.98 Å². The van der Waals surface area contributed by atoms with E-state index >= 15 is 0 Å². The van der Waals surface area contributed by atoms with Crippen molar-refractivity contribution in [1.82, 2.24) is 9.88 Å². The first-order valence-electron chi connectivity index (χ1n) is 8.85. The van der Waals surface area contributed by atoms with Gasteiger partial charge in [-0.3, -0.25) is 14.6 Å². The molecule has 7 heteroatoms. The van der Waals surface area contributed by atoms with E-state index < -0.39 is 24.2 Å². The van der Waals surface area contributed by atoms with Gasteiger partial charge in [0.1, 0.15) is 18.2 Å². The Labute approximate surface area is 166 Å². The summed E-state index contributed by atoms with van der Waals surface area (Å²) in [5.41, 5.74) is 1.98. The number of halogens is 2. The summed E-state index contributed by atoms with van der Waals surface area (Å²) in [7, 11) is 0. The number of carbonyl (C=O) groups excluding carboxylic acids is 1. The van der Waals surface area contributed by atoms with Crippen molar-refractivity contribution < 1.29 is 23.5 Å². The molecule has 5 nitrogen and oxygen atoms in total. The smallest absolute Gasteiger partial charge is 0.323 e. The number of amides is 1. The van der Waals surface area contributed by atoms with Crippen molar-refractivity contribution in [3.05, 3.63) is 101 Å². The number of carbonyl (C=O) groups is 2. The Balaban J connectivity index is 1.82. The average molecular weight is 396 g/mol. The highest BCUT2D eigenvalue weighted by Crippen LogP contribution is 2.14. The number of aromatic nitrogens is 1. The van der Waals surface area contributed by atoms with Crippen molar-refractivity contribution in [3.63, 3.8) is 0 Å². The molecular weight excluding hydrogens is 378 g/mol. The molecule has 2 aromatic carbocycles. The number of carboxylic acids is 1. The molecule has 1 heterocycles. The molecule has 1 amide bonds. The number of carboxylic acid groups (broad SMARTS) is 1. The molecule has 148 valence electrons. The molecule has 0 bridgehead atoms. The quantitative estimate of drug-likeness (QED) is 0.662. The molecule has 0 saturated carbocycles. The predicted molar refractivity (Wildman–Crippen MR) is 102 cm³/mol. The van der Waals surface area contributed by atoms with Crippen molar-refractivity contribution in [1.29, 1.82) is 0 Å². The molecule has 29 heavy (non-hydrogen) atoms. The van der Waals surface area contributed by atoms with Crippen molar-refractivity contribution >= 4 is 11.9 Å². The van der Waals surface area contributed by atoms with E-state index in [-0.39, 0.29) is 17.9 Å². The van der Waals surface area contributed by atoms with Gasteiger partial charge in [-0.25, -0.2) is 8.78 Å². The molecule has 3 rings (SSSR count). The first-order valence-corrected chi connectivity index (χ1v) is 8.85. The first kappa shape index (κ1) is 20.1. The second-order valence-corrected chi connectivity index (χ2v) is 6.53. The normalized spacial score (nSPS) is 10.6. The molecular formula is C22H18F2N2O3. The summed E-state index contributed by atoms with van der Waals surface area (Å²) in [6.07, 6.45) is 1.77. The molecule has 0 radical (unpaired) electrons. The Morgan fingerprint density at radius 3 is 2.24 bits per heavy atom. The van der Waals surface area contributed by atoms with Crippen LogP contribution in [0.15, 0.2) is 66.9 Å². The standard InChI is InChI=1S/C22H18F2N2O3/c23-18-5-1-3-15(9-18)11-20-12-17(7-8-25-20)22(29)26(14-21(27)28)13-16-4-2-6-19(24)10-16/h1-10,12H,11,13-14H2,(H,27,28). The lowest BCUT2D eigenvalue weighted by atomic mass is 10.1. The lowest BCUT2D eigenvalue weighted by Gasteiger charge is -2.21. The molecule has 0 atom stereocenters. The number of rotatable bonds is 7. The molecule has 0 aliphatic rings. The molecule has 0 aliphatic carbocycles. The summed E-state index contributed by atoms with van der Waals surface area (Å²) in [4.78, 5) is 29.5. The zero-order valence-corrected chi connectivity index (χ0v) is 15.4. The topological polar surface area (TPSA) is 70.5 Å². The molecule has 1 N–H and O–H groups in total. The zero-order valence-electron chi connectivity index (χ0n) is 15.4. The fraction of sp³-hybridized carbons (Fsp3) is 0.136. The maximum absolute atomic E-state index is 13.4. The molecule has 0 spiro atoms. The number of aliphatic carboxylic acids is 1. The molecule has 0 saturated heterocycles. The fourth-order valence-corrected chi connectivity index (χ4v) is 2.97. The maximum Gasteiger partial charge on any atom is 0.323 e. The second-order valence-electron chi connectivity index (χ2n) is 6.53. The number of pyridine rings is 1. The fourth-order valence-electron chi connectivity index (χ4n) is 2.97. The summed E-state index contributed by atoms with van der Waals surface area (Å²) in [5.74, 6) is -2.52. The first-order chi connectivity index (χ1) is 13.9. The maximum atomic E-state index is 13.4. The minimum Gasteiger partial charge on any atom is -0.480 e. The number of hydrogen-bond donors (Lipinski definition) is 1. The lowest BCUT2D eigenvalue weighted by Crippen LogP contribution is -2.35. The van der Waals surface area contributed by atoms with Crippen LogP contribution in [0.5, 0.6) is 0 Å². The van der Waals surface area contributed by atoms with Gasteiger partial charge in [-0.2, -0.15) is 0 Å². The highest BCUT2D eigenvalue weighted by atomic mass is 19.1. The Bertz CT molecular complexity index is 1040. The van der Waals surface area contributed by atoms with Crippen molar-refractivity contribution in [2.45, 2.75) is 13.0 Å². The van der Waals surface area contributed by atoms with Crippen LogP contribution in [-0.2, 0) is 17.8 Å². The van der Waals surface area contributed by atoms with Gasteiger partial charge in [0.2, 0.25) is 0 Å². The van der Waals surface area contributed by atoms with Crippen LogP contribution in [-0.4, -0.2) is 33.4 Å². The van der Waals surface area contributed by atoms with Crippen LogP contribution in [0.2, 0.25) is 0 Å². The summed E-state index contributed by atoms with van der Waals surface area (Å²) in [6, 6.07) is 14.7. The second kappa shape index (κ2) is 9.05. The van der Waals surface area contributed by atoms with Crippen LogP contribution in [0.1, 0.15) is 27.2 Å². The summed E-state index contributed by atoms with van der Waals surface area (Å²) < 4.78 is 26.8. The highest BCUT2D eigenvalue weighted by Gasteiger charge is 2.20. The van der Waals surface area contributed by atoms with Gasteiger partial charge in [0.25, 0.3) is 5.91 Å². The van der Waals surface area contributed by atoms with E-state index in [9.17, 15) is 23.5 Å².